The lowest BCUT2D eigenvalue weighted by Crippen LogP contribution is -2.12. The third kappa shape index (κ3) is 3.78. The molecule has 1 heterocycles. The summed E-state index contributed by atoms with van der Waals surface area (Å²) in [4.78, 5) is 4.13. The van der Waals surface area contributed by atoms with Crippen LogP contribution in [0.15, 0.2) is 29.0 Å². The Hall–Kier alpha value is -1.40. The lowest BCUT2D eigenvalue weighted by Gasteiger charge is -2.10. The largest absolute Gasteiger partial charge is 0.486 e. The SMILES string of the molecule is CCNCc1cc(OCc2ncnn2C)ccc1Br. The number of nitrogens with zero attached hydrogens (tertiary/aromatic N) is 3. The standard InChI is InChI=1S/C13H17BrN4O/c1-3-15-7-10-6-11(4-5-12(10)14)19-8-13-16-9-17-18(13)2/h4-6,9,15H,3,7-8H2,1-2H3. The molecule has 6 heteroatoms. The van der Waals surface area contributed by atoms with Crippen LogP contribution in [-0.4, -0.2) is 21.3 Å². The summed E-state index contributed by atoms with van der Waals surface area (Å²) in [6.45, 7) is 4.26. The highest BCUT2D eigenvalue weighted by molar-refractivity contribution is 9.10. The van der Waals surface area contributed by atoms with Crippen molar-refractivity contribution in [3.63, 3.8) is 0 Å². The van der Waals surface area contributed by atoms with Crippen molar-refractivity contribution in [3.8, 4) is 5.75 Å². The molecule has 0 aliphatic carbocycles. The molecule has 1 aromatic carbocycles. The Bertz CT molecular complexity index is 541. The van der Waals surface area contributed by atoms with E-state index in [9.17, 15) is 0 Å². The summed E-state index contributed by atoms with van der Waals surface area (Å²) in [6, 6.07) is 5.97. The normalized spacial score (nSPS) is 10.7. The van der Waals surface area contributed by atoms with Crippen molar-refractivity contribution in [1.82, 2.24) is 20.1 Å². The van der Waals surface area contributed by atoms with Gasteiger partial charge in [0.2, 0.25) is 0 Å². The zero-order valence-electron chi connectivity index (χ0n) is 11.1. The van der Waals surface area contributed by atoms with Crippen molar-refractivity contribution >= 4 is 15.9 Å². The number of aryl methyl sites for hydroxylation is 1. The number of aromatic nitrogens is 3. The van der Waals surface area contributed by atoms with Crippen molar-refractivity contribution < 1.29 is 4.74 Å². The molecule has 102 valence electrons. The maximum absolute atomic E-state index is 5.73. The molecule has 0 aliphatic rings. The van der Waals surface area contributed by atoms with Gasteiger partial charge in [-0.25, -0.2) is 4.98 Å². The van der Waals surface area contributed by atoms with Crippen LogP contribution in [0.25, 0.3) is 0 Å². The summed E-state index contributed by atoms with van der Waals surface area (Å²) >= 11 is 3.54. The minimum absolute atomic E-state index is 0.415. The fraction of sp³-hybridized carbons (Fsp3) is 0.385. The van der Waals surface area contributed by atoms with Crippen LogP contribution < -0.4 is 10.1 Å². The third-order valence-corrected chi connectivity index (χ3v) is 3.53. The summed E-state index contributed by atoms with van der Waals surface area (Å²) < 4.78 is 8.52. The molecule has 0 unspecified atom stereocenters. The van der Waals surface area contributed by atoms with Crippen molar-refractivity contribution in [3.05, 3.63) is 40.4 Å². The van der Waals surface area contributed by atoms with Gasteiger partial charge in [-0.05, 0) is 30.3 Å². The van der Waals surface area contributed by atoms with Crippen LogP contribution in [-0.2, 0) is 20.2 Å². The predicted molar refractivity (Wildman–Crippen MR) is 76.9 cm³/mol. The van der Waals surface area contributed by atoms with Gasteiger partial charge >= 0.3 is 0 Å². The van der Waals surface area contributed by atoms with Crippen molar-refractivity contribution in [2.45, 2.75) is 20.1 Å². The van der Waals surface area contributed by atoms with Gasteiger partial charge in [0.15, 0.2) is 5.82 Å². The molecular formula is C13H17BrN4O. The molecule has 19 heavy (non-hydrogen) atoms. The van der Waals surface area contributed by atoms with Crippen molar-refractivity contribution in [1.29, 1.82) is 0 Å². The molecule has 0 aliphatic heterocycles. The third-order valence-electron chi connectivity index (χ3n) is 2.76. The van der Waals surface area contributed by atoms with E-state index < -0.39 is 0 Å². The minimum Gasteiger partial charge on any atom is -0.486 e. The Kier molecular flexibility index (Phi) is 4.93. The van der Waals surface area contributed by atoms with Gasteiger partial charge < -0.3 is 10.1 Å². The van der Waals surface area contributed by atoms with Crippen LogP contribution in [0, 0.1) is 0 Å². The molecule has 1 aromatic heterocycles. The first-order valence-electron chi connectivity index (χ1n) is 6.15. The molecule has 0 bridgehead atoms. The predicted octanol–water partition coefficient (Wildman–Crippen LogP) is 2.27. The Balaban J connectivity index is 2.02. The molecule has 2 rings (SSSR count). The lowest BCUT2D eigenvalue weighted by molar-refractivity contribution is 0.289. The van der Waals surface area contributed by atoms with Gasteiger partial charge in [-0.15, -0.1) is 0 Å². The maximum Gasteiger partial charge on any atom is 0.164 e. The highest BCUT2D eigenvalue weighted by Crippen LogP contribution is 2.23. The molecule has 0 spiro atoms. The first-order valence-corrected chi connectivity index (χ1v) is 6.94. The molecule has 0 radical (unpaired) electrons. The van der Waals surface area contributed by atoms with E-state index in [1.54, 1.807) is 4.68 Å². The zero-order chi connectivity index (χ0) is 13.7. The molecule has 0 fully saturated rings. The number of hydrogen-bond donors (Lipinski definition) is 1. The van der Waals surface area contributed by atoms with E-state index in [1.165, 1.54) is 11.9 Å². The van der Waals surface area contributed by atoms with Gasteiger partial charge in [-0.1, -0.05) is 22.9 Å². The Morgan fingerprint density at radius 3 is 2.95 bits per heavy atom. The summed E-state index contributed by atoms with van der Waals surface area (Å²) in [6.07, 6.45) is 1.52. The number of nitrogens with one attached hydrogen (secondary N) is 1. The molecule has 5 nitrogen and oxygen atoms in total. The van der Waals surface area contributed by atoms with E-state index in [1.807, 2.05) is 25.2 Å². The summed E-state index contributed by atoms with van der Waals surface area (Å²) in [7, 11) is 1.85. The van der Waals surface area contributed by atoms with E-state index in [0.29, 0.717) is 6.61 Å². The van der Waals surface area contributed by atoms with Gasteiger partial charge in [0.05, 0.1) is 0 Å². The Labute approximate surface area is 121 Å². The Morgan fingerprint density at radius 1 is 1.42 bits per heavy atom. The van der Waals surface area contributed by atoms with Gasteiger partial charge in [-0.2, -0.15) is 5.10 Å². The lowest BCUT2D eigenvalue weighted by atomic mass is 10.2. The zero-order valence-corrected chi connectivity index (χ0v) is 12.6. The van der Waals surface area contributed by atoms with E-state index in [4.69, 9.17) is 4.74 Å². The van der Waals surface area contributed by atoms with Crippen LogP contribution in [0.1, 0.15) is 18.3 Å². The highest BCUT2D eigenvalue weighted by atomic mass is 79.9. The maximum atomic E-state index is 5.73. The topological polar surface area (TPSA) is 52.0 Å². The van der Waals surface area contributed by atoms with Crippen LogP contribution in [0.2, 0.25) is 0 Å². The second kappa shape index (κ2) is 6.68. The molecule has 0 saturated carbocycles. The molecule has 0 amide bonds. The van der Waals surface area contributed by atoms with Crippen LogP contribution in [0.4, 0.5) is 0 Å². The number of rotatable bonds is 6. The van der Waals surface area contributed by atoms with Crippen LogP contribution in [0.5, 0.6) is 5.75 Å². The average molecular weight is 325 g/mol. The van der Waals surface area contributed by atoms with Crippen LogP contribution in [0.3, 0.4) is 0 Å². The Morgan fingerprint density at radius 2 is 2.26 bits per heavy atom. The number of ether oxygens (including phenoxy) is 1. The second-order valence-electron chi connectivity index (χ2n) is 4.12. The summed E-state index contributed by atoms with van der Waals surface area (Å²) in [5, 5.41) is 7.31. The van der Waals surface area contributed by atoms with Gasteiger partial charge in [0.25, 0.3) is 0 Å². The first kappa shape index (κ1) is 14.0. The van der Waals surface area contributed by atoms with Crippen molar-refractivity contribution in [2.24, 2.45) is 7.05 Å². The molecular weight excluding hydrogens is 308 g/mol. The van der Waals surface area contributed by atoms with E-state index in [-0.39, 0.29) is 0 Å². The van der Waals surface area contributed by atoms with Gasteiger partial charge in [-0.3, -0.25) is 4.68 Å². The minimum atomic E-state index is 0.415. The average Bonchev–Trinajstić information content (AvgIpc) is 2.82. The first-order chi connectivity index (χ1) is 9.20. The fourth-order valence-electron chi connectivity index (χ4n) is 1.63. The van der Waals surface area contributed by atoms with Crippen LogP contribution >= 0.6 is 15.9 Å². The summed E-state index contributed by atoms with van der Waals surface area (Å²) in [5.74, 6) is 1.63. The number of benzene rings is 1. The number of halogens is 1. The van der Waals surface area contributed by atoms with Gasteiger partial charge in [0, 0.05) is 18.1 Å². The fourth-order valence-corrected chi connectivity index (χ4v) is 2.02. The van der Waals surface area contributed by atoms with E-state index in [2.05, 4.69) is 38.3 Å². The quantitative estimate of drug-likeness (QED) is 0.885. The molecule has 0 atom stereocenters. The van der Waals surface area contributed by atoms with E-state index >= 15 is 0 Å². The van der Waals surface area contributed by atoms with Gasteiger partial charge in [0.1, 0.15) is 18.7 Å². The summed E-state index contributed by atoms with van der Waals surface area (Å²) in [5.41, 5.74) is 1.18. The smallest absolute Gasteiger partial charge is 0.164 e. The highest BCUT2D eigenvalue weighted by Gasteiger charge is 2.05. The monoisotopic (exact) mass is 324 g/mol. The molecule has 1 N–H and O–H groups in total. The second-order valence-corrected chi connectivity index (χ2v) is 4.98. The molecule has 2 aromatic rings. The number of hydrogen-bond acceptors (Lipinski definition) is 4. The van der Waals surface area contributed by atoms with Crippen molar-refractivity contribution in [2.75, 3.05) is 6.54 Å². The van der Waals surface area contributed by atoms with E-state index in [0.717, 1.165) is 29.1 Å². The molecule has 0 saturated heterocycles.